The zero-order valence-corrected chi connectivity index (χ0v) is 13.8. The molecule has 0 radical (unpaired) electrons. The summed E-state index contributed by atoms with van der Waals surface area (Å²) in [6.45, 7) is 0.990. The van der Waals surface area contributed by atoms with Crippen molar-refractivity contribution in [1.29, 1.82) is 0 Å². The Labute approximate surface area is 138 Å². The molecule has 1 aliphatic carbocycles. The van der Waals surface area contributed by atoms with Gasteiger partial charge in [0.05, 0.1) is 0 Å². The maximum absolute atomic E-state index is 6.02. The third-order valence-corrected chi connectivity index (χ3v) is 4.81. The van der Waals surface area contributed by atoms with E-state index in [1.54, 1.807) is 0 Å². The van der Waals surface area contributed by atoms with Gasteiger partial charge in [-0.25, -0.2) is 0 Å². The molecule has 1 fully saturated rings. The van der Waals surface area contributed by atoms with Crippen molar-refractivity contribution in [2.75, 3.05) is 7.05 Å². The summed E-state index contributed by atoms with van der Waals surface area (Å²) in [5, 5.41) is 0.814. The van der Waals surface area contributed by atoms with Crippen LogP contribution in [0.5, 0.6) is 0 Å². The highest BCUT2D eigenvalue weighted by Gasteiger charge is 2.42. The van der Waals surface area contributed by atoms with E-state index in [2.05, 4.69) is 54.4 Å². The van der Waals surface area contributed by atoms with Gasteiger partial charge in [-0.2, -0.15) is 0 Å². The molecule has 3 rings (SSSR count). The van der Waals surface area contributed by atoms with Crippen LogP contribution in [0.3, 0.4) is 0 Å². The van der Waals surface area contributed by atoms with Gasteiger partial charge in [-0.1, -0.05) is 54.1 Å². The van der Waals surface area contributed by atoms with E-state index in [4.69, 9.17) is 11.6 Å². The number of hydrogen-bond donors (Lipinski definition) is 0. The maximum Gasteiger partial charge on any atom is 0.0461 e. The maximum atomic E-state index is 6.02. The van der Waals surface area contributed by atoms with Crippen molar-refractivity contribution in [3.8, 4) is 0 Å². The fourth-order valence-corrected chi connectivity index (χ4v) is 3.30. The highest BCUT2D eigenvalue weighted by molar-refractivity contribution is 6.30. The number of hydrogen-bond acceptors (Lipinski definition) is 1. The second-order valence-electron chi connectivity index (χ2n) is 5.73. The van der Waals surface area contributed by atoms with E-state index in [0.29, 0.717) is 0 Å². The molecule has 0 aromatic heterocycles. The van der Waals surface area contributed by atoms with Gasteiger partial charge in [0.2, 0.25) is 0 Å². The first-order chi connectivity index (χ1) is 9.71. The summed E-state index contributed by atoms with van der Waals surface area (Å²) in [5.74, 6) is 0. The van der Waals surface area contributed by atoms with E-state index in [-0.39, 0.29) is 17.9 Å². The van der Waals surface area contributed by atoms with Gasteiger partial charge in [0.25, 0.3) is 0 Å². The highest BCUT2D eigenvalue weighted by atomic mass is 35.5. The van der Waals surface area contributed by atoms with E-state index in [9.17, 15) is 0 Å². The van der Waals surface area contributed by atoms with Gasteiger partial charge in [-0.3, -0.25) is 4.90 Å². The molecule has 0 amide bonds. The van der Waals surface area contributed by atoms with Crippen molar-refractivity contribution in [3.63, 3.8) is 0 Å². The van der Waals surface area contributed by atoms with Gasteiger partial charge in [0, 0.05) is 17.1 Å². The van der Waals surface area contributed by atoms with E-state index in [0.717, 1.165) is 11.6 Å². The topological polar surface area (TPSA) is 3.24 Å². The van der Waals surface area contributed by atoms with Gasteiger partial charge in [0.15, 0.2) is 0 Å². The molecule has 0 heterocycles. The molecular weight excluding hydrogens is 301 g/mol. The molecule has 0 unspecified atom stereocenters. The lowest BCUT2D eigenvalue weighted by Gasteiger charge is -2.49. The average molecular weight is 322 g/mol. The van der Waals surface area contributed by atoms with Crippen LogP contribution in [0.4, 0.5) is 0 Å². The van der Waals surface area contributed by atoms with Crippen molar-refractivity contribution in [3.05, 3.63) is 70.7 Å². The molecule has 1 aliphatic rings. The Bertz CT molecular complexity index is 562. The zero-order valence-electron chi connectivity index (χ0n) is 12.3. The van der Waals surface area contributed by atoms with E-state index < -0.39 is 0 Å². The first kappa shape index (κ1) is 16.4. The Morgan fingerprint density at radius 1 is 1.00 bits per heavy atom. The molecule has 21 heavy (non-hydrogen) atoms. The minimum atomic E-state index is 0. The smallest absolute Gasteiger partial charge is 0.0461 e. The van der Waals surface area contributed by atoms with Crippen molar-refractivity contribution < 1.29 is 0 Å². The van der Waals surface area contributed by atoms with Crippen LogP contribution in [0.1, 0.15) is 30.4 Å². The minimum absolute atomic E-state index is 0. The molecule has 0 N–H and O–H groups in total. The predicted octanol–water partition coefficient (Wildman–Crippen LogP) is 5.27. The molecule has 0 atom stereocenters. The molecule has 1 nitrogen and oxygen atoms in total. The monoisotopic (exact) mass is 321 g/mol. The van der Waals surface area contributed by atoms with Crippen LogP contribution in [0, 0.1) is 0 Å². The Hall–Kier alpha value is -1.02. The summed E-state index contributed by atoms with van der Waals surface area (Å²) in [5.41, 5.74) is 2.96. The molecule has 2 aromatic rings. The Kier molecular flexibility index (Phi) is 5.32. The molecule has 0 bridgehead atoms. The van der Waals surface area contributed by atoms with E-state index >= 15 is 0 Å². The molecule has 2 aromatic carbocycles. The Morgan fingerprint density at radius 3 is 2.14 bits per heavy atom. The van der Waals surface area contributed by atoms with Crippen LogP contribution in [0.2, 0.25) is 5.02 Å². The van der Waals surface area contributed by atoms with Crippen molar-refractivity contribution >= 4 is 24.0 Å². The van der Waals surface area contributed by atoms with Crippen LogP contribution in [-0.4, -0.2) is 11.9 Å². The molecule has 112 valence electrons. The third-order valence-electron chi connectivity index (χ3n) is 4.56. The lowest BCUT2D eigenvalue weighted by molar-refractivity contribution is 0.0279. The van der Waals surface area contributed by atoms with Gasteiger partial charge >= 0.3 is 0 Å². The van der Waals surface area contributed by atoms with E-state index in [1.165, 1.54) is 30.4 Å². The second kappa shape index (κ2) is 6.83. The number of nitrogens with zero attached hydrogens (tertiary/aromatic N) is 1. The SMILES string of the molecule is CN(Cc1ccccc1)C1(c2ccc(Cl)cc2)CCC1.Cl. The molecular formula is C18H21Cl2N. The van der Waals surface area contributed by atoms with Gasteiger partial charge in [0.1, 0.15) is 0 Å². The summed E-state index contributed by atoms with van der Waals surface area (Å²) in [7, 11) is 2.24. The predicted molar refractivity (Wildman–Crippen MR) is 92.1 cm³/mol. The fourth-order valence-electron chi connectivity index (χ4n) is 3.17. The van der Waals surface area contributed by atoms with Crippen LogP contribution < -0.4 is 0 Å². The van der Waals surface area contributed by atoms with Crippen LogP contribution in [0.15, 0.2) is 54.6 Å². The second-order valence-corrected chi connectivity index (χ2v) is 6.17. The lowest BCUT2D eigenvalue weighted by atomic mass is 9.70. The van der Waals surface area contributed by atoms with Crippen molar-refractivity contribution in [2.24, 2.45) is 0 Å². The standard InChI is InChI=1S/C18H20ClN.ClH/c1-20(14-15-6-3-2-4-7-15)18(12-5-13-18)16-8-10-17(19)11-9-16;/h2-4,6-11H,5,12-14H2,1H3;1H. The first-order valence-corrected chi connectivity index (χ1v) is 7.60. The minimum Gasteiger partial charge on any atom is -0.292 e. The number of benzene rings is 2. The normalized spacial score (nSPS) is 16.1. The van der Waals surface area contributed by atoms with Gasteiger partial charge in [-0.15, -0.1) is 12.4 Å². The zero-order chi connectivity index (χ0) is 14.0. The quantitative estimate of drug-likeness (QED) is 0.741. The van der Waals surface area contributed by atoms with Gasteiger partial charge in [-0.05, 0) is 49.6 Å². The summed E-state index contributed by atoms with van der Waals surface area (Å²) < 4.78 is 0. The number of rotatable bonds is 4. The van der Waals surface area contributed by atoms with Crippen LogP contribution in [0.25, 0.3) is 0 Å². The third kappa shape index (κ3) is 3.26. The molecule has 0 aliphatic heterocycles. The Balaban J connectivity index is 0.00000161. The van der Waals surface area contributed by atoms with Crippen LogP contribution >= 0.6 is 24.0 Å². The average Bonchev–Trinajstić information content (AvgIpc) is 2.41. The molecule has 0 spiro atoms. The molecule has 3 heteroatoms. The van der Waals surface area contributed by atoms with Crippen molar-refractivity contribution in [1.82, 2.24) is 4.90 Å². The van der Waals surface area contributed by atoms with Crippen LogP contribution in [-0.2, 0) is 12.1 Å². The summed E-state index contributed by atoms with van der Waals surface area (Å²) in [4.78, 5) is 2.50. The van der Waals surface area contributed by atoms with E-state index in [1.807, 2.05) is 12.1 Å². The molecule has 0 saturated heterocycles. The fraction of sp³-hybridized carbons (Fsp3) is 0.333. The Morgan fingerprint density at radius 2 is 1.62 bits per heavy atom. The largest absolute Gasteiger partial charge is 0.292 e. The molecule has 1 saturated carbocycles. The summed E-state index contributed by atoms with van der Waals surface area (Å²) in [6, 6.07) is 19.1. The summed E-state index contributed by atoms with van der Waals surface area (Å²) in [6.07, 6.45) is 3.78. The number of halogens is 2. The summed E-state index contributed by atoms with van der Waals surface area (Å²) >= 11 is 6.02. The lowest BCUT2D eigenvalue weighted by Crippen LogP contribution is -2.48. The van der Waals surface area contributed by atoms with Gasteiger partial charge < -0.3 is 0 Å². The first-order valence-electron chi connectivity index (χ1n) is 7.22. The highest BCUT2D eigenvalue weighted by Crippen LogP contribution is 2.46. The van der Waals surface area contributed by atoms with Crippen molar-refractivity contribution in [2.45, 2.75) is 31.3 Å².